The van der Waals surface area contributed by atoms with Crippen molar-refractivity contribution in [3.05, 3.63) is 48.2 Å². The van der Waals surface area contributed by atoms with Crippen molar-refractivity contribution in [2.75, 3.05) is 10.7 Å². The van der Waals surface area contributed by atoms with Crippen LogP contribution in [0.15, 0.2) is 48.2 Å². The summed E-state index contributed by atoms with van der Waals surface area (Å²) in [6, 6.07) is 9.82. The molecule has 2 aromatic heterocycles. The van der Waals surface area contributed by atoms with Gasteiger partial charge < -0.3 is 11.1 Å². The average Bonchev–Trinajstić information content (AvgIpc) is 3.08. The molecule has 0 atom stereocenters. The van der Waals surface area contributed by atoms with Gasteiger partial charge in [0.1, 0.15) is 17.7 Å². The molecule has 3 rings (SSSR count). The van der Waals surface area contributed by atoms with E-state index < -0.39 is 0 Å². The van der Waals surface area contributed by atoms with Crippen molar-refractivity contribution in [2.24, 2.45) is 5.73 Å². The molecule has 5 N–H and O–H groups in total. The van der Waals surface area contributed by atoms with Gasteiger partial charge in [0.25, 0.3) is 0 Å². The molecule has 0 aliphatic carbocycles. The number of halogens is 2. The van der Waals surface area contributed by atoms with Crippen LogP contribution in [0, 0.1) is 5.41 Å². The highest BCUT2D eigenvalue weighted by Crippen LogP contribution is 2.23. The molecule has 0 aliphatic heterocycles. The highest BCUT2D eigenvalue weighted by molar-refractivity contribution is 7.14. The number of anilines is 2. The van der Waals surface area contributed by atoms with Crippen molar-refractivity contribution in [3.8, 4) is 11.4 Å². The van der Waals surface area contributed by atoms with Gasteiger partial charge in [0.2, 0.25) is 0 Å². The van der Waals surface area contributed by atoms with Gasteiger partial charge in [-0.05, 0) is 12.1 Å². The highest BCUT2D eigenvalue weighted by Gasteiger charge is 2.08. The lowest BCUT2D eigenvalue weighted by Crippen LogP contribution is -2.20. The van der Waals surface area contributed by atoms with Crippen molar-refractivity contribution in [1.29, 1.82) is 5.41 Å². The predicted octanol–water partition coefficient (Wildman–Crippen LogP) is 3.03. The summed E-state index contributed by atoms with van der Waals surface area (Å²) in [5, 5.41) is 12.3. The molecule has 10 heteroatoms. The molecule has 0 radical (unpaired) electrons. The van der Waals surface area contributed by atoms with E-state index in [4.69, 9.17) is 11.1 Å². The number of nitrogens with zero attached hydrogens (tertiary/aromatic N) is 3. The summed E-state index contributed by atoms with van der Waals surface area (Å²) in [6.45, 7) is 0. The maximum atomic E-state index is 7.18. The van der Waals surface area contributed by atoms with Crippen LogP contribution in [0.2, 0.25) is 0 Å². The lowest BCUT2D eigenvalue weighted by molar-refractivity contribution is 0.955. The second-order valence-electron chi connectivity index (χ2n) is 4.22. The third kappa shape index (κ3) is 4.85. The molecular formula is C13H15Cl2N7S. The molecule has 0 saturated heterocycles. The third-order valence-corrected chi connectivity index (χ3v) is 3.38. The van der Waals surface area contributed by atoms with Crippen molar-refractivity contribution >= 4 is 52.9 Å². The summed E-state index contributed by atoms with van der Waals surface area (Å²) in [5.74, 6) is -0.132. The minimum Gasteiger partial charge on any atom is -0.370 e. The van der Waals surface area contributed by atoms with E-state index in [1.807, 2.05) is 41.9 Å². The van der Waals surface area contributed by atoms with Gasteiger partial charge in [-0.15, -0.1) is 36.2 Å². The molecule has 1 aromatic carbocycles. The molecular weight excluding hydrogens is 357 g/mol. The molecule has 3 aromatic rings. The fraction of sp³-hybridized carbons (Fsp3) is 0. The van der Waals surface area contributed by atoms with Gasteiger partial charge in [-0.2, -0.15) is 0 Å². The smallest absolute Gasteiger partial charge is 0.192 e. The zero-order valence-corrected chi connectivity index (χ0v) is 14.2. The van der Waals surface area contributed by atoms with Gasteiger partial charge in [0.15, 0.2) is 11.1 Å². The molecule has 0 fully saturated rings. The van der Waals surface area contributed by atoms with Gasteiger partial charge in [-0.1, -0.05) is 18.2 Å². The van der Waals surface area contributed by atoms with E-state index in [-0.39, 0.29) is 30.8 Å². The van der Waals surface area contributed by atoms with Crippen LogP contribution in [-0.4, -0.2) is 20.6 Å². The number of rotatable bonds is 4. The first-order chi connectivity index (χ1) is 10.2. The van der Waals surface area contributed by atoms with E-state index in [9.17, 15) is 0 Å². The first-order valence-corrected chi connectivity index (χ1v) is 7.02. The summed E-state index contributed by atoms with van der Waals surface area (Å²) in [5.41, 5.74) is 10.9. The molecule has 122 valence electrons. The Morgan fingerprint density at radius 2 is 1.91 bits per heavy atom. The van der Waals surface area contributed by atoms with Gasteiger partial charge >= 0.3 is 0 Å². The quantitative estimate of drug-likeness (QED) is 0.416. The summed E-state index contributed by atoms with van der Waals surface area (Å²) in [4.78, 5) is 8.63. The van der Waals surface area contributed by atoms with E-state index in [1.54, 1.807) is 11.0 Å². The fourth-order valence-electron chi connectivity index (χ4n) is 1.74. The second kappa shape index (κ2) is 8.37. The Labute approximate surface area is 149 Å². The molecule has 23 heavy (non-hydrogen) atoms. The van der Waals surface area contributed by atoms with E-state index in [0.717, 1.165) is 17.1 Å². The molecule has 0 aliphatic rings. The highest BCUT2D eigenvalue weighted by atomic mass is 35.5. The van der Waals surface area contributed by atoms with Crippen LogP contribution in [-0.2, 0) is 0 Å². The van der Waals surface area contributed by atoms with Crippen LogP contribution in [0.3, 0.4) is 0 Å². The van der Waals surface area contributed by atoms with Crippen LogP contribution in [0.1, 0.15) is 0 Å². The summed E-state index contributed by atoms with van der Waals surface area (Å²) < 4.78 is 1.77. The monoisotopic (exact) mass is 371 g/mol. The van der Waals surface area contributed by atoms with Crippen molar-refractivity contribution in [1.82, 2.24) is 14.6 Å². The Bertz CT molecular complexity index is 757. The molecule has 0 saturated carbocycles. The van der Waals surface area contributed by atoms with E-state index in [0.29, 0.717) is 5.13 Å². The number of nitrogens with one attached hydrogen (secondary N) is 3. The number of benzene rings is 1. The summed E-state index contributed by atoms with van der Waals surface area (Å²) in [7, 11) is 0. The number of hydrogen-bond donors (Lipinski definition) is 4. The topological polar surface area (TPSA) is 105 Å². The Kier molecular flexibility index (Phi) is 6.83. The van der Waals surface area contributed by atoms with Crippen molar-refractivity contribution < 1.29 is 0 Å². The van der Waals surface area contributed by atoms with Crippen LogP contribution in [0.25, 0.3) is 11.4 Å². The summed E-state index contributed by atoms with van der Waals surface area (Å²) in [6.07, 6.45) is 3.53. The lowest BCUT2D eigenvalue weighted by atomic mass is 10.3. The van der Waals surface area contributed by atoms with E-state index >= 15 is 0 Å². The second-order valence-corrected chi connectivity index (χ2v) is 5.08. The number of para-hydroxylation sites is 1. The maximum absolute atomic E-state index is 7.18. The molecule has 0 amide bonds. The van der Waals surface area contributed by atoms with Crippen molar-refractivity contribution in [3.63, 3.8) is 0 Å². The molecule has 0 unspecified atom stereocenters. The zero-order valence-electron chi connectivity index (χ0n) is 11.8. The number of aromatic nitrogens is 3. The van der Waals surface area contributed by atoms with Gasteiger partial charge in [0.05, 0.1) is 11.9 Å². The third-order valence-electron chi connectivity index (χ3n) is 2.62. The Morgan fingerprint density at radius 3 is 2.61 bits per heavy atom. The van der Waals surface area contributed by atoms with Gasteiger partial charge in [-0.25, -0.2) is 14.6 Å². The summed E-state index contributed by atoms with van der Waals surface area (Å²) >= 11 is 1.37. The minimum absolute atomic E-state index is 0. The van der Waals surface area contributed by atoms with E-state index in [2.05, 4.69) is 20.7 Å². The number of hydrogen-bond acceptors (Lipinski definition) is 5. The molecule has 0 spiro atoms. The fourth-order valence-corrected chi connectivity index (χ4v) is 2.46. The SMILES string of the molecule is Cl.Cl.N=C(N)Nc1nc(-c2cn(Nc3ccccc3)cn2)cs1. The van der Waals surface area contributed by atoms with E-state index in [1.165, 1.54) is 11.3 Å². The Hall–Kier alpha value is -2.29. The lowest BCUT2D eigenvalue weighted by Gasteiger charge is -2.05. The number of thiazole rings is 1. The Balaban J connectivity index is 0.00000132. The van der Waals surface area contributed by atoms with Crippen LogP contribution in [0.5, 0.6) is 0 Å². The standard InChI is InChI=1S/C13H13N7S.2ClH/c14-12(15)18-13-17-11(7-21-13)10-6-20(8-16-10)19-9-4-2-1-3-5-9;;/h1-8,19H,(H4,14,15,17,18);2*1H. The molecule has 2 heterocycles. The maximum Gasteiger partial charge on any atom is 0.192 e. The van der Waals surface area contributed by atoms with Crippen molar-refractivity contribution in [2.45, 2.75) is 0 Å². The first kappa shape index (κ1) is 18.8. The van der Waals surface area contributed by atoms with Gasteiger partial charge in [0, 0.05) is 5.38 Å². The number of nitrogens with two attached hydrogens (primary N) is 1. The minimum atomic E-state index is -0.132. The molecule has 0 bridgehead atoms. The van der Waals surface area contributed by atoms with Crippen LogP contribution >= 0.6 is 36.2 Å². The van der Waals surface area contributed by atoms with Crippen LogP contribution < -0.4 is 16.5 Å². The predicted molar refractivity (Wildman–Crippen MR) is 98.8 cm³/mol. The largest absolute Gasteiger partial charge is 0.370 e. The van der Waals surface area contributed by atoms with Crippen LogP contribution in [0.4, 0.5) is 10.8 Å². The normalized spacial score (nSPS) is 9.39. The zero-order chi connectivity index (χ0) is 14.7. The van der Waals surface area contributed by atoms with Gasteiger partial charge in [-0.3, -0.25) is 10.8 Å². The average molecular weight is 372 g/mol. The molecule has 7 nitrogen and oxygen atoms in total. The Morgan fingerprint density at radius 1 is 1.17 bits per heavy atom. The number of imidazole rings is 1. The first-order valence-electron chi connectivity index (χ1n) is 6.14. The number of guanidine groups is 1.